The molecule has 0 N–H and O–H groups in total. The standard InChI is InChI=1S/C53H36/c1-53(2)48-27-26-36(31-47(48)52-41-18-8-5-14-34(41)25-28-49(52)53)39-30-37-16-6-7-17-40(37)46(32-39)51-44-21-11-9-19-42(44)50(43-20-10-12-22-45(43)51)38-24-23-33-13-3-4-15-35(33)29-38/h3-32H,1-2H3. The lowest BCUT2D eigenvalue weighted by Gasteiger charge is -2.22. The van der Waals surface area contributed by atoms with Gasteiger partial charge in [0.05, 0.1) is 0 Å². The van der Waals surface area contributed by atoms with Gasteiger partial charge < -0.3 is 0 Å². The summed E-state index contributed by atoms with van der Waals surface area (Å²) in [5.74, 6) is 0. The molecule has 10 aromatic rings. The van der Waals surface area contributed by atoms with Crippen LogP contribution in [-0.4, -0.2) is 0 Å². The highest BCUT2D eigenvalue weighted by atomic mass is 14.4. The van der Waals surface area contributed by atoms with Gasteiger partial charge in [-0.1, -0.05) is 172 Å². The zero-order chi connectivity index (χ0) is 35.3. The van der Waals surface area contributed by atoms with E-state index in [1.165, 1.54) is 109 Å². The molecule has 0 radical (unpaired) electrons. The van der Waals surface area contributed by atoms with Crippen LogP contribution in [0.1, 0.15) is 25.0 Å². The Balaban J connectivity index is 1.19. The third kappa shape index (κ3) is 4.42. The molecular weight excluding hydrogens is 637 g/mol. The number of hydrogen-bond acceptors (Lipinski definition) is 0. The zero-order valence-electron chi connectivity index (χ0n) is 29.8. The Labute approximate surface area is 309 Å². The van der Waals surface area contributed by atoms with Crippen molar-refractivity contribution in [2.45, 2.75) is 19.3 Å². The first-order valence-corrected chi connectivity index (χ1v) is 18.7. The fraction of sp³-hybridized carbons (Fsp3) is 0.0566. The van der Waals surface area contributed by atoms with E-state index in [1.54, 1.807) is 0 Å². The maximum atomic E-state index is 2.46. The molecule has 0 spiro atoms. The number of hydrogen-bond donors (Lipinski definition) is 0. The Kier molecular flexibility index (Phi) is 6.40. The largest absolute Gasteiger partial charge is 0.0616 e. The first kappa shape index (κ1) is 30.2. The molecule has 0 unspecified atom stereocenters. The summed E-state index contributed by atoms with van der Waals surface area (Å²) in [5.41, 5.74) is 13.0. The predicted molar refractivity (Wildman–Crippen MR) is 228 cm³/mol. The van der Waals surface area contributed by atoms with Gasteiger partial charge in [0.1, 0.15) is 0 Å². The summed E-state index contributed by atoms with van der Waals surface area (Å²) in [4.78, 5) is 0. The molecule has 10 aromatic carbocycles. The number of rotatable bonds is 3. The van der Waals surface area contributed by atoms with Crippen molar-refractivity contribution in [2.24, 2.45) is 0 Å². The van der Waals surface area contributed by atoms with Gasteiger partial charge in [0.15, 0.2) is 0 Å². The molecule has 0 aromatic heterocycles. The summed E-state index contributed by atoms with van der Waals surface area (Å²) in [6.07, 6.45) is 0. The van der Waals surface area contributed by atoms with Gasteiger partial charge in [-0.2, -0.15) is 0 Å². The van der Waals surface area contributed by atoms with Crippen molar-refractivity contribution in [3.8, 4) is 44.5 Å². The van der Waals surface area contributed by atoms with E-state index in [4.69, 9.17) is 0 Å². The van der Waals surface area contributed by atoms with Crippen molar-refractivity contribution in [3.05, 3.63) is 193 Å². The van der Waals surface area contributed by atoms with E-state index in [0.29, 0.717) is 0 Å². The van der Waals surface area contributed by atoms with Gasteiger partial charge >= 0.3 is 0 Å². The van der Waals surface area contributed by atoms with E-state index in [-0.39, 0.29) is 5.41 Å². The molecule has 0 aliphatic heterocycles. The fourth-order valence-corrected chi connectivity index (χ4v) is 9.46. The van der Waals surface area contributed by atoms with Gasteiger partial charge in [0.25, 0.3) is 0 Å². The van der Waals surface area contributed by atoms with Crippen LogP contribution in [0, 0.1) is 0 Å². The third-order valence-electron chi connectivity index (χ3n) is 12.0. The van der Waals surface area contributed by atoms with Crippen LogP contribution in [0.2, 0.25) is 0 Å². The second kappa shape index (κ2) is 11.2. The van der Waals surface area contributed by atoms with Crippen molar-refractivity contribution in [1.29, 1.82) is 0 Å². The van der Waals surface area contributed by atoms with Crippen molar-refractivity contribution >= 4 is 53.9 Å². The van der Waals surface area contributed by atoms with Crippen LogP contribution in [0.4, 0.5) is 0 Å². The average molecular weight is 673 g/mol. The summed E-state index contributed by atoms with van der Waals surface area (Å²) in [6.45, 7) is 4.75. The summed E-state index contributed by atoms with van der Waals surface area (Å²) in [6, 6.07) is 68.0. The van der Waals surface area contributed by atoms with Crippen molar-refractivity contribution in [3.63, 3.8) is 0 Å². The van der Waals surface area contributed by atoms with Crippen LogP contribution in [0.15, 0.2) is 182 Å². The number of benzene rings is 10. The summed E-state index contributed by atoms with van der Waals surface area (Å²) >= 11 is 0. The van der Waals surface area contributed by atoms with E-state index in [1.807, 2.05) is 0 Å². The molecule has 0 heteroatoms. The lowest BCUT2D eigenvalue weighted by atomic mass is 9.81. The minimum atomic E-state index is -0.0631. The lowest BCUT2D eigenvalue weighted by molar-refractivity contribution is 0.661. The van der Waals surface area contributed by atoms with Gasteiger partial charge in [0, 0.05) is 5.41 Å². The highest BCUT2D eigenvalue weighted by Gasteiger charge is 2.36. The molecular formula is C53H36. The van der Waals surface area contributed by atoms with Crippen LogP contribution < -0.4 is 0 Å². The molecule has 0 nitrogen and oxygen atoms in total. The number of fused-ring (bicyclic) bond motifs is 9. The third-order valence-corrected chi connectivity index (χ3v) is 12.0. The zero-order valence-corrected chi connectivity index (χ0v) is 29.8. The molecule has 53 heavy (non-hydrogen) atoms. The molecule has 1 aliphatic rings. The first-order chi connectivity index (χ1) is 26.0. The Morgan fingerprint density at radius 3 is 1.49 bits per heavy atom. The Morgan fingerprint density at radius 2 is 0.774 bits per heavy atom. The second-order valence-corrected chi connectivity index (χ2v) is 15.2. The molecule has 0 saturated carbocycles. The Hall–Kier alpha value is -6.50. The van der Waals surface area contributed by atoms with E-state index in [0.717, 1.165) is 0 Å². The molecule has 0 bridgehead atoms. The fourth-order valence-electron chi connectivity index (χ4n) is 9.46. The summed E-state index contributed by atoms with van der Waals surface area (Å²) in [5, 5.41) is 12.7. The first-order valence-electron chi connectivity index (χ1n) is 18.7. The highest BCUT2D eigenvalue weighted by Crippen LogP contribution is 2.53. The van der Waals surface area contributed by atoms with E-state index >= 15 is 0 Å². The van der Waals surface area contributed by atoms with Gasteiger partial charge in [-0.3, -0.25) is 0 Å². The van der Waals surface area contributed by atoms with E-state index in [9.17, 15) is 0 Å². The summed E-state index contributed by atoms with van der Waals surface area (Å²) < 4.78 is 0. The average Bonchev–Trinajstić information content (AvgIpc) is 3.45. The maximum Gasteiger partial charge on any atom is 0.0159 e. The monoisotopic (exact) mass is 672 g/mol. The van der Waals surface area contributed by atoms with Crippen molar-refractivity contribution < 1.29 is 0 Å². The Bertz CT molecular complexity index is 3080. The highest BCUT2D eigenvalue weighted by molar-refractivity contribution is 6.24. The maximum absolute atomic E-state index is 2.46. The van der Waals surface area contributed by atoms with E-state index in [2.05, 4.69) is 196 Å². The second-order valence-electron chi connectivity index (χ2n) is 15.2. The molecule has 0 heterocycles. The smallest absolute Gasteiger partial charge is 0.0159 e. The van der Waals surface area contributed by atoms with Crippen LogP contribution >= 0.6 is 0 Å². The Morgan fingerprint density at radius 1 is 0.283 bits per heavy atom. The SMILES string of the molecule is CC1(C)c2ccc(-c3cc(-c4c5ccccc5c(-c5ccc6ccccc6c5)c5ccccc45)c4ccccc4c3)cc2-c2c1ccc1ccccc21. The minimum absolute atomic E-state index is 0.0631. The normalized spacial score (nSPS) is 13.2. The van der Waals surface area contributed by atoms with Gasteiger partial charge in [-0.15, -0.1) is 0 Å². The molecule has 0 amide bonds. The molecule has 1 aliphatic carbocycles. The van der Waals surface area contributed by atoms with Gasteiger partial charge in [0.2, 0.25) is 0 Å². The quantitative estimate of drug-likeness (QED) is 0.164. The van der Waals surface area contributed by atoms with Crippen molar-refractivity contribution in [1.82, 2.24) is 0 Å². The molecule has 11 rings (SSSR count). The van der Waals surface area contributed by atoms with Crippen LogP contribution in [0.25, 0.3) is 98.4 Å². The summed E-state index contributed by atoms with van der Waals surface area (Å²) in [7, 11) is 0. The molecule has 0 saturated heterocycles. The van der Waals surface area contributed by atoms with E-state index < -0.39 is 0 Å². The molecule has 0 atom stereocenters. The van der Waals surface area contributed by atoms with Crippen LogP contribution in [0.3, 0.4) is 0 Å². The van der Waals surface area contributed by atoms with Crippen molar-refractivity contribution in [2.75, 3.05) is 0 Å². The molecule has 0 fully saturated rings. The topological polar surface area (TPSA) is 0 Å². The molecule has 248 valence electrons. The van der Waals surface area contributed by atoms with Gasteiger partial charge in [-0.05, 0) is 134 Å². The lowest BCUT2D eigenvalue weighted by Crippen LogP contribution is -2.14. The van der Waals surface area contributed by atoms with Gasteiger partial charge in [-0.25, -0.2) is 0 Å². The van der Waals surface area contributed by atoms with Crippen LogP contribution in [-0.2, 0) is 5.41 Å². The van der Waals surface area contributed by atoms with Crippen LogP contribution in [0.5, 0.6) is 0 Å². The predicted octanol–water partition coefficient (Wildman–Crippen LogP) is 14.8. The minimum Gasteiger partial charge on any atom is -0.0616 e.